The van der Waals surface area contributed by atoms with Crippen LogP contribution in [-0.4, -0.2) is 59.6 Å². The van der Waals surface area contributed by atoms with Gasteiger partial charge in [-0.05, 0) is 74.2 Å². The minimum Gasteiger partial charge on any atom is -0.339 e. The Labute approximate surface area is 226 Å². The molecule has 0 unspecified atom stereocenters. The highest BCUT2D eigenvalue weighted by Gasteiger charge is 2.16. The van der Waals surface area contributed by atoms with Crippen LogP contribution in [0.15, 0.2) is 48.5 Å². The topological polar surface area (TPSA) is 98.8 Å². The zero-order valence-corrected chi connectivity index (χ0v) is 23.2. The van der Waals surface area contributed by atoms with Crippen molar-refractivity contribution in [2.75, 3.05) is 36.8 Å². The quantitative estimate of drug-likeness (QED) is 0.320. The Morgan fingerprint density at radius 2 is 0.816 bits per heavy atom. The number of rotatable bonds is 15. The first-order valence-electron chi connectivity index (χ1n) is 13.7. The summed E-state index contributed by atoms with van der Waals surface area (Å²) in [5.74, 6) is -0.601. The fraction of sp³-hybridized carbons (Fsp3) is 0.467. The fourth-order valence-corrected chi connectivity index (χ4v) is 4.14. The highest BCUT2D eigenvalue weighted by atomic mass is 16.2. The molecule has 8 nitrogen and oxygen atoms in total. The van der Waals surface area contributed by atoms with Gasteiger partial charge in [-0.15, -0.1) is 0 Å². The van der Waals surface area contributed by atoms with E-state index in [9.17, 15) is 19.2 Å². The largest absolute Gasteiger partial charge is 0.339 e. The lowest BCUT2D eigenvalue weighted by atomic mass is 10.1. The van der Waals surface area contributed by atoms with Gasteiger partial charge in [-0.25, -0.2) is 0 Å². The summed E-state index contributed by atoms with van der Waals surface area (Å²) in [5, 5.41) is 5.54. The Balaban J connectivity index is 1.83. The van der Waals surface area contributed by atoms with E-state index in [1.54, 1.807) is 48.5 Å². The third-order valence-corrected chi connectivity index (χ3v) is 5.96. The standard InChI is InChI=1S/C30H42N4O4/c1-5-19-33(20-6-2)29(37)23-9-13-25(14-10-23)31-27(35)17-18-28(36)32-26-15-11-24(12-16-26)30(38)34(21-7-3)22-8-4/h9-16H,5-8,17-22H2,1-4H3,(H,31,35)(H,32,36). The van der Waals surface area contributed by atoms with Gasteiger partial charge in [0.25, 0.3) is 11.8 Å². The predicted molar refractivity (Wildman–Crippen MR) is 152 cm³/mol. The Hall–Kier alpha value is -3.68. The van der Waals surface area contributed by atoms with Gasteiger partial charge in [-0.2, -0.15) is 0 Å². The summed E-state index contributed by atoms with van der Waals surface area (Å²) in [6.45, 7) is 11.0. The van der Waals surface area contributed by atoms with Gasteiger partial charge in [0, 0.05) is 61.5 Å². The van der Waals surface area contributed by atoms with Crippen molar-refractivity contribution >= 4 is 35.0 Å². The van der Waals surface area contributed by atoms with Crippen molar-refractivity contribution in [2.45, 2.75) is 66.2 Å². The van der Waals surface area contributed by atoms with E-state index >= 15 is 0 Å². The number of benzene rings is 2. The molecule has 0 saturated carbocycles. The molecule has 0 radical (unpaired) electrons. The third-order valence-electron chi connectivity index (χ3n) is 5.96. The maximum Gasteiger partial charge on any atom is 0.253 e. The lowest BCUT2D eigenvalue weighted by Gasteiger charge is -2.21. The van der Waals surface area contributed by atoms with Crippen LogP contribution in [0.2, 0.25) is 0 Å². The van der Waals surface area contributed by atoms with E-state index < -0.39 is 0 Å². The number of nitrogens with one attached hydrogen (secondary N) is 2. The Bertz CT molecular complexity index is 953. The van der Waals surface area contributed by atoms with E-state index in [0.29, 0.717) is 48.7 Å². The number of hydrogen-bond donors (Lipinski definition) is 2. The van der Waals surface area contributed by atoms with Crippen LogP contribution in [0.25, 0.3) is 0 Å². The van der Waals surface area contributed by atoms with Gasteiger partial charge in [-0.1, -0.05) is 27.7 Å². The Kier molecular flexibility index (Phi) is 13.0. The summed E-state index contributed by atoms with van der Waals surface area (Å²) in [7, 11) is 0. The first kappa shape index (κ1) is 30.5. The van der Waals surface area contributed by atoms with Gasteiger partial charge in [0.15, 0.2) is 0 Å². The van der Waals surface area contributed by atoms with Crippen LogP contribution >= 0.6 is 0 Å². The van der Waals surface area contributed by atoms with Crippen LogP contribution in [-0.2, 0) is 9.59 Å². The number of carbonyl (C=O) groups is 4. The highest BCUT2D eigenvalue weighted by molar-refractivity contribution is 5.99. The predicted octanol–water partition coefficient (Wildman–Crippen LogP) is 5.57. The molecule has 0 aliphatic rings. The molecule has 2 aromatic carbocycles. The van der Waals surface area contributed by atoms with E-state index in [4.69, 9.17) is 0 Å². The molecule has 2 N–H and O–H groups in total. The molecule has 38 heavy (non-hydrogen) atoms. The van der Waals surface area contributed by atoms with E-state index in [0.717, 1.165) is 25.7 Å². The van der Waals surface area contributed by atoms with Crippen LogP contribution in [0.1, 0.15) is 86.9 Å². The second kappa shape index (κ2) is 16.2. The van der Waals surface area contributed by atoms with Gasteiger partial charge in [-0.3, -0.25) is 19.2 Å². The molecule has 0 saturated heterocycles. The zero-order valence-electron chi connectivity index (χ0n) is 23.2. The molecule has 4 amide bonds. The molecule has 206 valence electrons. The van der Waals surface area contributed by atoms with Crippen LogP contribution in [0.3, 0.4) is 0 Å². The molecular formula is C30H42N4O4. The molecule has 0 spiro atoms. The molecule has 0 aliphatic carbocycles. The minimum atomic E-state index is -0.286. The Morgan fingerprint density at radius 3 is 1.08 bits per heavy atom. The van der Waals surface area contributed by atoms with E-state index in [1.165, 1.54) is 0 Å². The number of nitrogens with zero attached hydrogens (tertiary/aromatic N) is 2. The fourth-order valence-electron chi connectivity index (χ4n) is 4.14. The number of anilines is 2. The molecular weight excluding hydrogens is 480 g/mol. The van der Waals surface area contributed by atoms with E-state index in [1.807, 2.05) is 37.5 Å². The Morgan fingerprint density at radius 1 is 0.526 bits per heavy atom. The van der Waals surface area contributed by atoms with Crippen molar-refractivity contribution < 1.29 is 19.2 Å². The first-order chi connectivity index (χ1) is 18.3. The average Bonchev–Trinajstić information content (AvgIpc) is 2.92. The van der Waals surface area contributed by atoms with Gasteiger partial charge >= 0.3 is 0 Å². The van der Waals surface area contributed by atoms with Crippen molar-refractivity contribution in [3.8, 4) is 0 Å². The van der Waals surface area contributed by atoms with E-state index in [2.05, 4.69) is 10.6 Å². The van der Waals surface area contributed by atoms with Crippen molar-refractivity contribution in [1.29, 1.82) is 0 Å². The van der Waals surface area contributed by atoms with Gasteiger partial charge in [0.1, 0.15) is 0 Å². The summed E-state index contributed by atoms with van der Waals surface area (Å²) in [6.07, 6.45) is 3.63. The SMILES string of the molecule is CCCN(CCC)C(=O)c1ccc(NC(=O)CCC(=O)Nc2ccc(C(=O)N(CCC)CCC)cc2)cc1. The second-order valence-corrected chi connectivity index (χ2v) is 9.34. The smallest absolute Gasteiger partial charge is 0.253 e. The molecule has 2 aromatic rings. The highest BCUT2D eigenvalue weighted by Crippen LogP contribution is 2.15. The molecule has 2 rings (SSSR count). The van der Waals surface area contributed by atoms with Crippen molar-refractivity contribution in [1.82, 2.24) is 9.80 Å². The average molecular weight is 523 g/mol. The van der Waals surface area contributed by atoms with Crippen molar-refractivity contribution in [2.24, 2.45) is 0 Å². The van der Waals surface area contributed by atoms with Crippen LogP contribution in [0.5, 0.6) is 0 Å². The molecule has 0 bridgehead atoms. The summed E-state index contributed by atoms with van der Waals surface area (Å²) in [4.78, 5) is 53.8. The van der Waals surface area contributed by atoms with Crippen molar-refractivity contribution in [3.63, 3.8) is 0 Å². The van der Waals surface area contributed by atoms with E-state index in [-0.39, 0.29) is 36.5 Å². The summed E-state index contributed by atoms with van der Waals surface area (Å²) in [6, 6.07) is 13.6. The van der Waals surface area contributed by atoms with Crippen LogP contribution in [0.4, 0.5) is 11.4 Å². The summed E-state index contributed by atoms with van der Waals surface area (Å²) in [5.41, 5.74) is 2.32. The van der Waals surface area contributed by atoms with Gasteiger partial charge < -0.3 is 20.4 Å². The summed E-state index contributed by atoms with van der Waals surface area (Å²) < 4.78 is 0. The maximum atomic E-state index is 12.7. The molecule has 0 fully saturated rings. The lowest BCUT2D eigenvalue weighted by Crippen LogP contribution is -2.32. The van der Waals surface area contributed by atoms with Crippen LogP contribution < -0.4 is 10.6 Å². The molecule has 0 aromatic heterocycles. The normalized spacial score (nSPS) is 10.5. The number of carbonyl (C=O) groups excluding carboxylic acids is 4. The second-order valence-electron chi connectivity index (χ2n) is 9.34. The van der Waals surface area contributed by atoms with Crippen molar-refractivity contribution in [3.05, 3.63) is 59.7 Å². The molecule has 0 aliphatic heterocycles. The maximum absolute atomic E-state index is 12.7. The zero-order chi connectivity index (χ0) is 27.9. The number of amides is 4. The molecule has 0 heterocycles. The summed E-state index contributed by atoms with van der Waals surface area (Å²) >= 11 is 0. The van der Waals surface area contributed by atoms with Gasteiger partial charge in [0.05, 0.1) is 0 Å². The molecule has 0 atom stereocenters. The third kappa shape index (κ3) is 9.65. The first-order valence-corrected chi connectivity index (χ1v) is 13.7. The monoisotopic (exact) mass is 522 g/mol. The van der Waals surface area contributed by atoms with Crippen LogP contribution in [0, 0.1) is 0 Å². The van der Waals surface area contributed by atoms with Gasteiger partial charge in [0.2, 0.25) is 11.8 Å². The number of hydrogen-bond acceptors (Lipinski definition) is 4. The minimum absolute atomic E-state index is 0.0140. The lowest BCUT2D eigenvalue weighted by molar-refractivity contribution is -0.121. The molecule has 8 heteroatoms.